The highest BCUT2D eigenvalue weighted by molar-refractivity contribution is 6.02. The number of rotatable bonds is 6. The van der Waals surface area contributed by atoms with Crippen molar-refractivity contribution >= 4 is 11.6 Å². The lowest BCUT2D eigenvalue weighted by atomic mass is 9.94. The van der Waals surface area contributed by atoms with Crippen molar-refractivity contribution in [1.82, 2.24) is 0 Å². The van der Waals surface area contributed by atoms with E-state index in [-0.39, 0.29) is 17.6 Å². The Bertz CT molecular complexity index is 431. The fourth-order valence-electron chi connectivity index (χ4n) is 2.54. The maximum atomic E-state index is 13.2. The van der Waals surface area contributed by atoms with Gasteiger partial charge >= 0.3 is 0 Å². The van der Waals surface area contributed by atoms with E-state index in [2.05, 4.69) is 12.2 Å². The van der Waals surface area contributed by atoms with E-state index in [1.165, 1.54) is 31.4 Å². The van der Waals surface area contributed by atoms with Crippen molar-refractivity contribution in [3.63, 3.8) is 0 Å². The number of unbranched alkanes of at least 4 members (excludes halogenated alkanes) is 4. The number of benzene rings is 1. The summed E-state index contributed by atoms with van der Waals surface area (Å²) in [5, 5.41) is 2.82. The van der Waals surface area contributed by atoms with Crippen molar-refractivity contribution < 1.29 is 9.18 Å². The Hall–Kier alpha value is -1.38. The first-order valence-electron chi connectivity index (χ1n) is 6.82. The van der Waals surface area contributed by atoms with E-state index < -0.39 is 0 Å². The number of fused-ring (bicyclic) bond motifs is 1. The molecule has 1 heterocycles. The molecule has 1 aromatic carbocycles. The van der Waals surface area contributed by atoms with Crippen LogP contribution in [0.15, 0.2) is 18.2 Å². The molecule has 1 amide bonds. The van der Waals surface area contributed by atoms with Crippen LogP contribution in [0.5, 0.6) is 0 Å². The number of hydrogen-bond acceptors (Lipinski definition) is 1. The Labute approximate surface area is 108 Å². The summed E-state index contributed by atoms with van der Waals surface area (Å²) < 4.78 is 13.2. The number of halogens is 1. The van der Waals surface area contributed by atoms with Gasteiger partial charge in [0.2, 0.25) is 5.91 Å². The minimum absolute atomic E-state index is 0.0195. The van der Waals surface area contributed by atoms with Crippen LogP contribution in [0, 0.1) is 5.82 Å². The van der Waals surface area contributed by atoms with Gasteiger partial charge in [0.15, 0.2) is 0 Å². The van der Waals surface area contributed by atoms with Gasteiger partial charge in [-0.25, -0.2) is 4.39 Å². The third kappa shape index (κ3) is 2.89. The molecule has 3 heteroatoms. The lowest BCUT2D eigenvalue weighted by molar-refractivity contribution is -0.117. The van der Waals surface area contributed by atoms with E-state index >= 15 is 0 Å². The summed E-state index contributed by atoms with van der Waals surface area (Å²) in [6.07, 6.45) is 6.71. The average molecular weight is 249 g/mol. The molecule has 2 rings (SSSR count). The SMILES string of the molecule is CCCCCCCC1C(=O)Nc2ccc(F)cc21. The smallest absolute Gasteiger partial charge is 0.232 e. The zero-order valence-corrected chi connectivity index (χ0v) is 10.8. The molecule has 0 saturated carbocycles. The summed E-state index contributed by atoms with van der Waals surface area (Å²) in [7, 11) is 0. The highest BCUT2D eigenvalue weighted by Crippen LogP contribution is 2.36. The van der Waals surface area contributed by atoms with Crippen LogP contribution in [0.25, 0.3) is 0 Å². The second-order valence-electron chi connectivity index (χ2n) is 4.98. The van der Waals surface area contributed by atoms with Gasteiger partial charge in [-0.1, -0.05) is 39.0 Å². The molecule has 1 N–H and O–H groups in total. The van der Waals surface area contributed by atoms with Crippen molar-refractivity contribution in [2.75, 3.05) is 5.32 Å². The van der Waals surface area contributed by atoms with Crippen LogP contribution in [-0.4, -0.2) is 5.91 Å². The van der Waals surface area contributed by atoms with Crippen LogP contribution >= 0.6 is 0 Å². The summed E-state index contributed by atoms with van der Waals surface area (Å²) in [6, 6.07) is 4.53. The standard InChI is InChI=1S/C15H20FNO/c1-2-3-4-5-6-7-12-13-10-11(16)8-9-14(13)17-15(12)18/h8-10,12H,2-7H2,1H3,(H,17,18). The Morgan fingerprint density at radius 3 is 2.78 bits per heavy atom. The summed E-state index contributed by atoms with van der Waals surface area (Å²) in [5.74, 6) is -0.398. The highest BCUT2D eigenvalue weighted by atomic mass is 19.1. The van der Waals surface area contributed by atoms with Crippen LogP contribution in [0.2, 0.25) is 0 Å². The minimum atomic E-state index is -0.263. The molecule has 18 heavy (non-hydrogen) atoms. The van der Waals surface area contributed by atoms with Gasteiger partial charge < -0.3 is 5.32 Å². The van der Waals surface area contributed by atoms with Crippen LogP contribution < -0.4 is 5.32 Å². The van der Waals surface area contributed by atoms with Gasteiger partial charge in [-0.15, -0.1) is 0 Å². The molecule has 1 aliphatic rings. The summed E-state index contributed by atoms with van der Waals surface area (Å²) in [5.41, 5.74) is 1.61. The van der Waals surface area contributed by atoms with E-state index in [0.717, 1.165) is 30.5 Å². The van der Waals surface area contributed by atoms with Gasteiger partial charge in [-0.3, -0.25) is 4.79 Å². The van der Waals surface area contributed by atoms with Crippen LogP contribution in [0.3, 0.4) is 0 Å². The maximum absolute atomic E-state index is 13.2. The van der Waals surface area contributed by atoms with Gasteiger partial charge in [0.05, 0.1) is 5.92 Å². The second-order valence-corrected chi connectivity index (χ2v) is 4.98. The van der Waals surface area contributed by atoms with E-state index in [9.17, 15) is 9.18 Å². The first kappa shape index (κ1) is 13.1. The van der Waals surface area contributed by atoms with Gasteiger partial charge in [0.1, 0.15) is 5.82 Å². The predicted molar refractivity (Wildman–Crippen MR) is 71.1 cm³/mol. The Morgan fingerprint density at radius 2 is 2.00 bits per heavy atom. The first-order chi connectivity index (χ1) is 8.72. The van der Waals surface area contributed by atoms with E-state index in [0.29, 0.717) is 0 Å². The molecule has 98 valence electrons. The van der Waals surface area contributed by atoms with E-state index in [4.69, 9.17) is 0 Å². The molecular formula is C15H20FNO. The fraction of sp³-hybridized carbons (Fsp3) is 0.533. The molecule has 1 atom stereocenters. The molecule has 0 saturated heterocycles. The molecular weight excluding hydrogens is 229 g/mol. The largest absolute Gasteiger partial charge is 0.325 e. The summed E-state index contributed by atoms with van der Waals surface area (Å²) in [4.78, 5) is 11.8. The molecule has 1 unspecified atom stereocenters. The van der Waals surface area contributed by atoms with Crippen LogP contribution in [-0.2, 0) is 4.79 Å². The second kappa shape index (κ2) is 5.98. The fourth-order valence-corrected chi connectivity index (χ4v) is 2.54. The Kier molecular flexibility index (Phi) is 4.34. The third-order valence-electron chi connectivity index (χ3n) is 3.56. The molecule has 0 bridgehead atoms. The van der Waals surface area contributed by atoms with Gasteiger partial charge in [-0.05, 0) is 30.2 Å². The third-order valence-corrected chi connectivity index (χ3v) is 3.56. The topological polar surface area (TPSA) is 29.1 Å². The average Bonchev–Trinajstić information content (AvgIpc) is 2.65. The maximum Gasteiger partial charge on any atom is 0.232 e. The number of hydrogen-bond donors (Lipinski definition) is 1. The zero-order valence-electron chi connectivity index (χ0n) is 10.8. The molecule has 0 aliphatic carbocycles. The molecule has 1 aromatic rings. The summed E-state index contributed by atoms with van der Waals surface area (Å²) in [6.45, 7) is 2.18. The van der Waals surface area contributed by atoms with Crippen molar-refractivity contribution in [2.45, 2.75) is 51.4 Å². The van der Waals surface area contributed by atoms with Crippen molar-refractivity contribution in [3.8, 4) is 0 Å². The number of nitrogens with one attached hydrogen (secondary N) is 1. The lowest BCUT2D eigenvalue weighted by Crippen LogP contribution is -2.11. The van der Waals surface area contributed by atoms with E-state index in [1.807, 2.05) is 0 Å². The monoisotopic (exact) mass is 249 g/mol. The number of carbonyl (C=O) groups excluding carboxylic acids is 1. The minimum Gasteiger partial charge on any atom is -0.325 e. The van der Waals surface area contributed by atoms with Crippen molar-refractivity contribution in [1.29, 1.82) is 0 Å². The molecule has 2 nitrogen and oxygen atoms in total. The van der Waals surface area contributed by atoms with Crippen LogP contribution in [0.1, 0.15) is 56.9 Å². The Morgan fingerprint density at radius 1 is 1.22 bits per heavy atom. The van der Waals surface area contributed by atoms with E-state index in [1.54, 1.807) is 6.07 Å². The highest BCUT2D eigenvalue weighted by Gasteiger charge is 2.30. The molecule has 0 spiro atoms. The number of carbonyl (C=O) groups is 1. The lowest BCUT2D eigenvalue weighted by Gasteiger charge is -2.08. The van der Waals surface area contributed by atoms with Gasteiger partial charge in [0.25, 0.3) is 0 Å². The van der Waals surface area contributed by atoms with Crippen molar-refractivity contribution in [3.05, 3.63) is 29.6 Å². The summed E-state index contributed by atoms with van der Waals surface area (Å²) >= 11 is 0. The normalized spacial score (nSPS) is 17.7. The molecule has 0 aromatic heterocycles. The Balaban J connectivity index is 1.93. The van der Waals surface area contributed by atoms with Gasteiger partial charge in [0, 0.05) is 5.69 Å². The van der Waals surface area contributed by atoms with Crippen LogP contribution in [0.4, 0.5) is 10.1 Å². The number of anilines is 1. The molecule has 0 radical (unpaired) electrons. The quantitative estimate of drug-likeness (QED) is 0.751. The van der Waals surface area contributed by atoms with Crippen molar-refractivity contribution in [2.24, 2.45) is 0 Å². The molecule has 1 aliphatic heterocycles. The zero-order chi connectivity index (χ0) is 13.0. The number of amides is 1. The first-order valence-corrected chi connectivity index (χ1v) is 6.82. The predicted octanol–water partition coefficient (Wildman–Crippen LogP) is 4.22. The molecule has 0 fully saturated rings. The van der Waals surface area contributed by atoms with Gasteiger partial charge in [-0.2, -0.15) is 0 Å².